The van der Waals surface area contributed by atoms with Crippen LogP contribution in [0.25, 0.3) is 0 Å². The number of hydrogen-bond donors (Lipinski definition) is 2. The van der Waals surface area contributed by atoms with Gasteiger partial charge in [-0.05, 0) is 42.8 Å². The fraction of sp³-hybridized carbons (Fsp3) is 0.250. The molecule has 8 nitrogen and oxygen atoms in total. The number of nitrogens with zero attached hydrogens (tertiary/aromatic N) is 2. The molecule has 0 saturated heterocycles. The van der Waals surface area contributed by atoms with Crippen LogP contribution in [0.4, 0.5) is 24.5 Å². The highest BCUT2D eigenvalue weighted by atomic mass is 19.4. The van der Waals surface area contributed by atoms with Gasteiger partial charge in [-0.1, -0.05) is 18.2 Å². The number of amides is 1. The number of aromatic nitrogens is 1. The standard InChI is InChI=1S/C24H23F3N4O4/c1-16(18-4-7-20(8-5-18)35-15-17-3-2-11-28-14-17)30-23(32)10-12-29-21-9-6-19(24(25,26)27)13-22(21)31(33)34/h2-9,11,13-14,16,29H,10,12,15H2,1H3,(H,30,32). The van der Waals surface area contributed by atoms with Gasteiger partial charge in [-0.3, -0.25) is 19.9 Å². The maximum atomic E-state index is 12.8. The molecule has 184 valence electrons. The molecule has 0 spiro atoms. The lowest BCUT2D eigenvalue weighted by atomic mass is 10.1. The fourth-order valence-electron chi connectivity index (χ4n) is 3.22. The van der Waals surface area contributed by atoms with Crippen molar-refractivity contribution in [1.29, 1.82) is 0 Å². The Hall–Kier alpha value is -4.15. The summed E-state index contributed by atoms with van der Waals surface area (Å²) in [5, 5.41) is 16.6. The van der Waals surface area contributed by atoms with Crippen molar-refractivity contribution in [3.05, 3.63) is 93.8 Å². The first-order chi connectivity index (χ1) is 16.6. The molecule has 0 aliphatic rings. The molecular weight excluding hydrogens is 465 g/mol. The molecule has 0 bridgehead atoms. The van der Waals surface area contributed by atoms with Crippen LogP contribution in [0.15, 0.2) is 67.0 Å². The highest BCUT2D eigenvalue weighted by Crippen LogP contribution is 2.34. The van der Waals surface area contributed by atoms with Crippen molar-refractivity contribution in [3.8, 4) is 5.75 Å². The number of halogens is 3. The van der Waals surface area contributed by atoms with Gasteiger partial charge in [-0.15, -0.1) is 0 Å². The van der Waals surface area contributed by atoms with Crippen LogP contribution < -0.4 is 15.4 Å². The zero-order valence-electron chi connectivity index (χ0n) is 18.7. The molecule has 3 aromatic rings. The van der Waals surface area contributed by atoms with Crippen molar-refractivity contribution in [2.24, 2.45) is 0 Å². The van der Waals surface area contributed by atoms with E-state index in [1.807, 2.05) is 24.3 Å². The zero-order chi connectivity index (χ0) is 25.4. The first kappa shape index (κ1) is 25.5. The Bertz CT molecular complexity index is 1160. The Morgan fingerprint density at radius 3 is 2.54 bits per heavy atom. The Morgan fingerprint density at radius 1 is 1.17 bits per heavy atom. The molecule has 1 aromatic heterocycles. The Morgan fingerprint density at radius 2 is 1.91 bits per heavy atom. The van der Waals surface area contributed by atoms with Crippen molar-refractivity contribution in [1.82, 2.24) is 10.3 Å². The van der Waals surface area contributed by atoms with Gasteiger partial charge < -0.3 is 15.4 Å². The fourth-order valence-corrected chi connectivity index (χ4v) is 3.22. The number of ether oxygens (including phenoxy) is 1. The molecule has 0 aliphatic carbocycles. The van der Waals surface area contributed by atoms with E-state index in [9.17, 15) is 28.1 Å². The molecule has 11 heteroatoms. The predicted molar refractivity (Wildman–Crippen MR) is 123 cm³/mol. The van der Waals surface area contributed by atoms with Gasteiger partial charge in [-0.2, -0.15) is 13.2 Å². The monoisotopic (exact) mass is 488 g/mol. The summed E-state index contributed by atoms with van der Waals surface area (Å²) in [6.45, 7) is 2.19. The van der Waals surface area contributed by atoms with Crippen molar-refractivity contribution >= 4 is 17.3 Å². The molecule has 1 unspecified atom stereocenters. The van der Waals surface area contributed by atoms with Crippen molar-refractivity contribution in [2.75, 3.05) is 11.9 Å². The average molecular weight is 488 g/mol. The second kappa shape index (κ2) is 11.3. The number of hydrogen-bond acceptors (Lipinski definition) is 6. The maximum absolute atomic E-state index is 12.8. The van der Waals surface area contributed by atoms with Crippen LogP contribution in [0.3, 0.4) is 0 Å². The van der Waals surface area contributed by atoms with Crippen molar-refractivity contribution in [3.63, 3.8) is 0 Å². The minimum Gasteiger partial charge on any atom is -0.489 e. The summed E-state index contributed by atoms with van der Waals surface area (Å²) in [6, 6.07) is 12.9. The SMILES string of the molecule is CC(NC(=O)CCNc1ccc(C(F)(F)F)cc1[N+](=O)[O-])c1ccc(OCc2cccnc2)cc1. The first-order valence-corrected chi connectivity index (χ1v) is 10.6. The van der Waals surface area contributed by atoms with Gasteiger partial charge in [0.1, 0.15) is 18.0 Å². The topological polar surface area (TPSA) is 106 Å². The third-order valence-electron chi connectivity index (χ3n) is 5.08. The van der Waals surface area contributed by atoms with Crippen LogP contribution in [0.1, 0.15) is 36.1 Å². The molecule has 2 N–H and O–H groups in total. The van der Waals surface area contributed by atoms with E-state index in [0.29, 0.717) is 18.4 Å². The normalized spacial score (nSPS) is 12.0. The van der Waals surface area contributed by atoms with E-state index >= 15 is 0 Å². The van der Waals surface area contributed by atoms with Crippen molar-refractivity contribution in [2.45, 2.75) is 32.2 Å². The lowest BCUT2D eigenvalue weighted by Crippen LogP contribution is -2.28. The number of pyridine rings is 1. The maximum Gasteiger partial charge on any atom is 0.416 e. The first-order valence-electron chi connectivity index (χ1n) is 10.6. The van der Waals surface area contributed by atoms with Crippen molar-refractivity contribution < 1.29 is 27.6 Å². The van der Waals surface area contributed by atoms with Gasteiger partial charge in [0.2, 0.25) is 5.91 Å². The van der Waals surface area contributed by atoms with Gasteiger partial charge in [0.25, 0.3) is 5.69 Å². The van der Waals surface area contributed by atoms with E-state index in [1.54, 1.807) is 31.5 Å². The second-order valence-corrected chi connectivity index (χ2v) is 7.67. The number of alkyl halides is 3. The third kappa shape index (κ3) is 7.42. The number of carbonyl (C=O) groups is 1. The van der Waals surface area contributed by atoms with Crippen LogP contribution in [-0.4, -0.2) is 22.4 Å². The lowest BCUT2D eigenvalue weighted by Gasteiger charge is -2.16. The average Bonchev–Trinajstić information content (AvgIpc) is 2.83. The lowest BCUT2D eigenvalue weighted by molar-refractivity contribution is -0.384. The predicted octanol–water partition coefficient (Wildman–Crippen LogP) is 5.27. The molecule has 0 radical (unpaired) electrons. The van der Waals surface area contributed by atoms with Gasteiger partial charge >= 0.3 is 6.18 Å². The van der Waals surface area contributed by atoms with E-state index in [-0.39, 0.29) is 30.6 Å². The highest BCUT2D eigenvalue weighted by Gasteiger charge is 2.33. The van der Waals surface area contributed by atoms with Crippen LogP contribution in [0.5, 0.6) is 5.75 Å². The third-order valence-corrected chi connectivity index (χ3v) is 5.08. The quantitative estimate of drug-likeness (QED) is 0.298. The summed E-state index contributed by atoms with van der Waals surface area (Å²) in [5.41, 5.74) is -0.133. The second-order valence-electron chi connectivity index (χ2n) is 7.67. The van der Waals surface area contributed by atoms with E-state index in [0.717, 1.165) is 23.3 Å². The number of nitro groups is 1. The molecule has 1 atom stereocenters. The summed E-state index contributed by atoms with van der Waals surface area (Å²) >= 11 is 0. The van der Waals surface area contributed by atoms with Gasteiger partial charge in [0.15, 0.2) is 0 Å². The van der Waals surface area contributed by atoms with Crippen LogP contribution in [-0.2, 0) is 17.6 Å². The van der Waals surface area contributed by atoms with Gasteiger partial charge in [-0.25, -0.2) is 0 Å². The van der Waals surface area contributed by atoms with Gasteiger partial charge in [0, 0.05) is 37.0 Å². The minimum atomic E-state index is -4.69. The summed E-state index contributed by atoms with van der Waals surface area (Å²) in [5.74, 6) is 0.343. The summed E-state index contributed by atoms with van der Waals surface area (Å²) in [7, 11) is 0. The molecule has 35 heavy (non-hydrogen) atoms. The van der Waals surface area contributed by atoms with Gasteiger partial charge in [0.05, 0.1) is 16.5 Å². The Labute approximate surface area is 199 Å². The van der Waals surface area contributed by atoms with Crippen LogP contribution in [0.2, 0.25) is 0 Å². The number of benzene rings is 2. The zero-order valence-corrected chi connectivity index (χ0v) is 18.7. The van der Waals surface area contributed by atoms with Crippen LogP contribution in [0, 0.1) is 10.1 Å². The molecule has 3 rings (SSSR count). The largest absolute Gasteiger partial charge is 0.489 e. The smallest absolute Gasteiger partial charge is 0.416 e. The summed E-state index contributed by atoms with van der Waals surface area (Å²) in [6.07, 6.45) is -1.32. The molecule has 1 heterocycles. The van der Waals surface area contributed by atoms with E-state index in [4.69, 9.17) is 4.74 Å². The molecule has 0 fully saturated rings. The molecular formula is C24H23F3N4O4. The molecule has 0 saturated carbocycles. The molecule has 2 aromatic carbocycles. The summed E-state index contributed by atoms with van der Waals surface area (Å²) < 4.78 is 44.1. The number of anilines is 1. The van der Waals surface area contributed by atoms with E-state index < -0.39 is 22.4 Å². The Balaban J connectivity index is 1.48. The summed E-state index contributed by atoms with van der Waals surface area (Å²) in [4.78, 5) is 26.6. The van der Waals surface area contributed by atoms with E-state index in [2.05, 4.69) is 15.6 Å². The molecule has 0 aliphatic heterocycles. The number of nitrogens with one attached hydrogen (secondary N) is 2. The van der Waals surface area contributed by atoms with E-state index in [1.165, 1.54) is 0 Å². The minimum absolute atomic E-state index is 0.00583. The Kier molecular flexibility index (Phi) is 8.24. The molecule has 1 amide bonds. The van der Waals surface area contributed by atoms with Crippen LogP contribution >= 0.6 is 0 Å². The number of carbonyl (C=O) groups excluding carboxylic acids is 1. The highest BCUT2D eigenvalue weighted by molar-refractivity contribution is 5.77. The number of rotatable bonds is 10. The number of nitro benzene ring substituents is 1.